The SMILES string of the molecule is C=CC(=O)Nc1cc(NC(=O)/C=C/c2cncs2)ccc1F. The Bertz CT molecular complexity index is 726. The Morgan fingerprint density at radius 1 is 1.27 bits per heavy atom. The minimum Gasteiger partial charge on any atom is -0.322 e. The summed E-state index contributed by atoms with van der Waals surface area (Å²) in [6.45, 7) is 3.29. The van der Waals surface area contributed by atoms with Gasteiger partial charge in [-0.15, -0.1) is 11.3 Å². The predicted molar refractivity (Wildman–Crippen MR) is 85.0 cm³/mol. The van der Waals surface area contributed by atoms with E-state index in [2.05, 4.69) is 22.2 Å². The first-order valence-electron chi connectivity index (χ1n) is 6.19. The Morgan fingerprint density at radius 2 is 2.09 bits per heavy atom. The number of halogens is 1. The van der Waals surface area contributed by atoms with Crippen molar-refractivity contribution in [3.63, 3.8) is 0 Å². The van der Waals surface area contributed by atoms with E-state index in [-0.39, 0.29) is 11.6 Å². The molecule has 0 unspecified atom stereocenters. The fourth-order valence-corrected chi connectivity index (χ4v) is 2.04. The minimum atomic E-state index is -0.603. The number of nitrogens with one attached hydrogen (secondary N) is 2. The Kier molecular flexibility index (Phi) is 5.16. The molecule has 0 bridgehead atoms. The van der Waals surface area contributed by atoms with Crippen molar-refractivity contribution < 1.29 is 14.0 Å². The van der Waals surface area contributed by atoms with E-state index in [1.54, 1.807) is 17.8 Å². The summed E-state index contributed by atoms with van der Waals surface area (Å²) in [7, 11) is 0. The first-order chi connectivity index (χ1) is 10.6. The van der Waals surface area contributed by atoms with Crippen LogP contribution in [0.1, 0.15) is 4.88 Å². The maximum atomic E-state index is 13.6. The molecular formula is C15H12FN3O2S. The topological polar surface area (TPSA) is 71.1 Å². The molecule has 0 aliphatic carbocycles. The third-order valence-corrected chi connectivity index (χ3v) is 3.27. The molecule has 5 nitrogen and oxygen atoms in total. The third-order valence-electron chi connectivity index (χ3n) is 2.53. The lowest BCUT2D eigenvalue weighted by Crippen LogP contribution is -2.11. The van der Waals surface area contributed by atoms with Gasteiger partial charge >= 0.3 is 0 Å². The van der Waals surface area contributed by atoms with E-state index < -0.39 is 11.7 Å². The lowest BCUT2D eigenvalue weighted by molar-refractivity contribution is -0.112. The second-order valence-electron chi connectivity index (χ2n) is 4.11. The number of nitrogens with zero attached hydrogens (tertiary/aromatic N) is 1. The van der Waals surface area contributed by atoms with Gasteiger partial charge in [-0.3, -0.25) is 14.6 Å². The monoisotopic (exact) mass is 317 g/mol. The van der Waals surface area contributed by atoms with Crippen LogP contribution in [0.2, 0.25) is 0 Å². The van der Waals surface area contributed by atoms with Crippen molar-refractivity contribution in [2.75, 3.05) is 10.6 Å². The van der Waals surface area contributed by atoms with E-state index in [0.29, 0.717) is 5.69 Å². The van der Waals surface area contributed by atoms with Gasteiger partial charge < -0.3 is 10.6 Å². The average Bonchev–Trinajstić information content (AvgIpc) is 3.02. The Balaban J connectivity index is 2.06. The van der Waals surface area contributed by atoms with Crippen LogP contribution < -0.4 is 10.6 Å². The molecule has 0 aliphatic rings. The molecule has 0 aliphatic heterocycles. The van der Waals surface area contributed by atoms with Gasteiger partial charge in [-0.25, -0.2) is 4.39 Å². The van der Waals surface area contributed by atoms with Gasteiger partial charge in [0.2, 0.25) is 11.8 Å². The fourth-order valence-electron chi connectivity index (χ4n) is 1.53. The minimum absolute atomic E-state index is 0.0332. The van der Waals surface area contributed by atoms with E-state index in [1.165, 1.54) is 29.5 Å². The molecule has 2 aromatic rings. The van der Waals surface area contributed by atoms with Crippen molar-refractivity contribution >= 4 is 40.6 Å². The number of carbonyl (C=O) groups excluding carboxylic acids is 2. The highest BCUT2D eigenvalue weighted by atomic mass is 32.1. The van der Waals surface area contributed by atoms with E-state index in [0.717, 1.165) is 17.0 Å². The maximum absolute atomic E-state index is 13.6. The first-order valence-corrected chi connectivity index (χ1v) is 7.07. The number of amides is 2. The Hall–Kier alpha value is -2.80. The van der Waals surface area contributed by atoms with Gasteiger partial charge in [0.05, 0.1) is 11.2 Å². The van der Waals surface area contributed by atoms with Crippen LogP contribution in [0.3, 0.4) is 0 Å². The Labute approximate surface area is 130 Å². The molecule has 0 spiro atoms. The van der Waals surface area contributed by atoms with Gasteiger partial charge in [0, 0.05) is 22.8 Å². The number of aromatic nitrogens is 1. The average molecular weight is 317 g/mol. The molecule has 1 aromatic carbocycles. The highest BCUT2D eigenvalue weighted by Gasteiger charge is 2.07. The van der Waals surface area contributed by atoms with Crippen LogP contribution in [-0.4, -0.2) is 16.8 Å². The number of benzene rings is 1. The van der Waals surface area contributed by atoms with Crippen molar-refractivity contribution in [2.24, 2.45) is 0 Å². The summed E-state index contributed by atoms with van der Waals surface area (Å²) in [5.41, 5.74) is 1.99. The van der Waals surface area contributed by atoms with Gasteiger partial charge in [0.15, 0.2) is 0 Å². The largest absolute Gasteiger partial charge is 0.322 e. The quantitative estimate of drug-likeness (QED) is 0.833. The summed E-state index contributed by atoms with van der Waals surface area (Å²) < 4.78 is 13.6. The van der Waals surface area contributed by atoms with Gasteiger partial charge in [0.1, 0.15) is 5.82 Å². The normalized spacial score (nSPS) is 10.4. The number of anilines is 2. The van der Waals surface area contributed by atoms with Gasteiger partial charge in [-0.2, -0.15) is 0 Å². The van der Waals surface area contributed by atoms with Crippen LogP contribution in [0.5, 0.6) is 0 Å². The lowest BCUT2D eigenvalue weighted by atomic mass is 10.2. The smallest absolute Gasteiger partial charge is 0.248 e. The van der Waals surface area contributed by atoms with Gasteiger partial charge in [-0.1, -0.05) is 6.58 Å². The van der Waals surface area contributed by atoms with E-state index >= 15 is 0 Å². The van der Waals surface area contributed by atoms with Crippen LogP contribution in [-0.2, 0) is 9.59 Å². The standard InChI is InChI=1S/C15H12FN3O2S/c1-2-14(20)19-13-7-10(3-5-12(13)16)18-15(21)6-4-11-8-17-9-22-11/h2-9H,1H2,(H,18,21)(H,19,20)/b6-4+. The van der Waals surface area contributed by atoms with Crippen molar-refractivity contribution in [2.45, 2.75) is 0 Å². The zero-order valence-corrected chi connectivity index (χ0v) is 12.2. The second-order valence-corrected chi connectivity index (χ2v) is 5.03. The molecule has 0 saturated carbocycles. The fraction of sp³-hybridized carbons (Fsp3) is 0. The zero-order valence-electron chi connectivity index (χ0n) is 11.4. The molecule has 2 amide bonds. The van der Waals surface area contributed by atoms with Crippen LogP contribution in [0.15, 0.2) is 48.6 Å². The molecule has 0 saturated heterocycles. The molecule has 2 rings (SSSR count). The van der Waals surface area contributed by atoms with Crippen molar-refractivity contribution in [3.05, 3.63) is 59.3 Å². The molecule has 0 fully saturated rings. The van der Waals surface area contributed by atoms with Crippen molar-refractivity contribution in [1.82, 2.24) is 4.98 Å². The number of carbonyl (C=O) groups is 2. The first kappa shape index (κ1) is 15.6. The summed E-state index contributed by atoms with van der Waals surface area (Å²) in [5.74, 6) is -1.51. The van der Waals surface area contributed by atoms with E-state index in [1.807, 2.05) is 0 Å². The number of thiazole rings is 1. The van der Waals surface area contributed by atoms with Crippen LogP contribution in [0.4, 0.5) is 15.8 Å². The highest BCUT2D eigenvalue weighted by Crippen LogP contribution is 2.20. The molecule has 1 aromatic heterocycles. The van der Waals surface area contributed by atoms with E-state index in [9.17, 15) is 14.0 Å². The summed E-state index contributed by atoms with van der Waals surface area (Å²) in [6.07, 6.45) is 5.63. The van der Waals surface area contributed by atoms with Crippen LogP contribution >= 0.6 is 11.3 Å². The summed E-state index contributed by atoms with van der Waals surface area (Å²) >= 11 is 1.40. The zero-order chi connectivity index (χ0) is 15.9. The number of hydrogen-bond acceptors (Lipinski definition) is 4. The number of hydrogen-bond donors (Lipinski definition) is 2. The molecule has 0 radical (unpaired) electrons. The maximum Gasteiger partial charge on any atom is 0.248 e. The molecule has 22 heavy (non-hydrogen) atoms. The highest BCUT2D eigenvalue weighted by molar-refractivity contribution is 7.10. The number of rotatable bonds is 5. The summed E-state index contributed by atoms with van der Waals surface area (Å²) in [6, 6.07) is 3.88. The van der Waals surface area contributed by atoms with Crippen molar-refractivity contribution in [3.8, 4) is 0 Å². The third kappa shape index (κ3) is 4.35. The van der Waals surface area contributed by atoms with Gasteiger partial charge in [-0.05, 0) is 30.4 Å². The second kappa shape index (κ2) is 7.28. The Morgan fingerprint density at radius 3 is 2.77 bits per heavy atom. The van der Waals surface area contributed by atoms with Gasteiger partial charge in [0.25, 0.3) is 0 Å². The molecular weight excluding hydrogens is 305 g/mol. The van der Waals surface area contributed by atoms with Crippen LogP contribution in [0.25, 0.3) is 6.08 Å². The van der Waals surface area contributed by atoms with Crippen molar-refractivity contribution in [1.29, 1.82) is 0 Å². The molecule has 2 N–H and O–H groups in total. The van der Waals surface area contributed by atoms with Crippen LogP contribution in [0, 0.1) is 5.82 Å². The molecule has 1 heterocycles. The molecule has 7 heteroatoms. The summed E-state index contributed by atoms with van der Waals surface area (Å²) in [4.78, 5) is 27.7. The lowest BCUT2D eigenvalue weighted by Gasteiger charge is -2.07. The summed E-state index contributed by atoms with van der Waals surface area (Å²) in [5, 5.41) is 4.90. The predicted octanol–water partition coefficient (Wildman–Crippen LogP) is 3.06. The molecule has 0 atom stereocenters. The van der Waals surface area contributed by atoms with E-state index in [4.69, 9.17) is 0 Å². The molecule has 112 valence electrons.